The Bertz CT molecular complexity index is 707. The van der Waals surface area contributed by atoms with Gasteiger partial charge < -0.3 is 10.2 Å². The Kier molecular flexibility index (Phi) is 2.33. The molecule has 0 unspecified atom stereocenters. The van der Waals surface area contributed by atoms with Crippen molar-refractivity contribution in [2.75, 3.05) is 10.2 Å². The van der Waals surface area contributed by atoms with Gasteiger partial charge in [0.05, 0.1) is 16.9 Å². The van der Waals surface area contributed by atoms with Gasteiger partial charge in [-0.05, 0) is 43.5 Å². The Morgan fingerprint density at radius 3 is 2.85 bits per heavy atom. The number of carbonyl (C=O) groups excluding carboxylic acids is 1. The number of hydrogen-bond donors (Lipinski definition) is 1. The zero-order valence-electron chi connectivity index (χ0n) is 11.3. The highest BCUT2D eigenvalue weighted by Crippen LogP contribution is 2.44. The third-order valence-corrected chi connectivity index (χ3v) is 3.93. The fourth-order valence-electron chi connectivity index (χ4n) is 2.75. The van der Waals surface area contributed by atoms with Crippen molar-refractivity contribution in [3.63, 3.8) is 0 Å². The molecule has 0 saturated heterocycles. The highest BCUT2D eigenvalue weighted by Gasteiger charge is 2.36. The van der Waals surface area contributed by atoms with Crippen molar-refractivity contribution in [2.24, 2.45) is 0 Å². The summed E-state index contributed by atoms with van der Waals surface area (Å²) in [4.78, 5) is 19.2. The number of benzene rings is 1. The summed E-state index contributed by atoms with van der Waals surface area (Å²) >= 11 is 0. The number of carbonyl (C=O) groups is 1. The Balaban J connectivity index is 2.00. The van der Waals surface area contributed by atoms with Crippen LogP contribution in [0.5, 0.6) is 0 Å². The van der Waals surface area contributed by atoms with E-state index < -0.39 is 0 Å². The molecule has 100 valence electrons. The number of hydrogen-bond acceptors (Lipinski definition) is 3. The van der Waals surface area contributed by atoms with Crippen LogP contribution in [0.25, 0.3) is 0 Å². The SMILES string of the molecule is Cc1ccnc2c1NC(=O)c1ccccc1N2C1CC1. The van der Waals surface area contributed by atoms with E-state index in [-0.39, 0.29) is 5.91 Å². The van der Waals surface area contributed by atoms with Gasteiger partial charge in [-0.1, -0.05) is 12.1 Å². The molecule has 1 aliphatic carbocycles. The molecule has 1 amide bonds. The molecule has 1 aliphatic heterocycles. The molecule has 4 nitrogen and oxygen atoms in total. The quantitative estimate of drug-likeness (QED) is 0.860. The summed E-state index contributed by atoms with van der Waals surface area (Å²) in [5.74, 6) is 0.812. The van der Waals surface area contributed by atoms with Crippen LogP contribution in [-0.4, -0.2) is 16.9 Å². The summed E-state index contributed by atoms with van der Waals surface area (Å²) in [5, 5.41) is 3.02. The van der Waals surface area contributed by atoms with Crippen molar-refractivity contribution in [3.8, 4) is 0 Å². The second-order valence-electron chi connectivity index (χ2n) is 5.40. The second kappa shape index (κ2) is 4.07. The lowest BCUT2D eigenvalue weighted by Gasteiger charge is -2.24. The summed E-state index contributed by atoms with van der Waals surface area (Å²) in [5.41, 5.74) is 3.56. The molecule has 2 heterocycles. The van der Waals surface area contributed by atoms with Crippen LogP contribution >= 0.6 is 0 Å². The van der Waals surface area contributed by atoms with E-state index in [1.54, 1.807) is 0 Å². The lowest BCUT2D eigenvalue weighted by molar-refractivity contribution is 0.102. The average Bonchev–Trinajstić information content (AvgIpc) is 3.27. The molecule has 1 saturated carbocycles. The Hall–Kier alpha value is -2.36. The molecule has 4 rings (SSSR count). The maximum absolute atomic E-state index is 12.4. The molecule has 1 aromatic heterocycles. The van der Waals surface area contributed by atoms with Crippen LogP contribution < -0.4 is 10.2 Å². The molecule has 20 heavy (non-hydrogen) atoms. The van der Waals surface area contributed by atoms with E-state index in [1.807, 2.05) is 43.5 Å². The highest BCUT2D eigenvalue weighted by molar-refractivity contribution is 6.12. The smallest absolute Gasteiger partial charge is 0.257 e. The first-order valence-corrected chi connectivity index (χ1v) is 6.91. The molecule has 0 radical (unpaired) electrons. The standard InChI is InChI=1S/C16H15N3O/c1-10-8-9-17-15-14(10)18-16(20)12-4-2-3-5-13(12)19(15)11-6-7-11/h2-5,8-9,11H,6-7H2,1H3,(H,18,20). The molecule has 4 heteroatoms. The maximum atomic E-state index is 12.4. The number of aromatic nitrogens is 1. The Morgan fingerprint density at radius 2 is 2.05 bits per heavy atom. The van der Waals surface area contributed by atoms with Gasteiger partial charge in [0.1, 0.15) is 0 Å². The third kappa shape index (κ3) is 1.61. The van der Waals surface area contributed by atoms with Gasteiger partial charge in [0, 0.05) is 12.2 Å². The van der Waals surface area contributed by atoms with E-state index in [0.29, 0.717) is 6.04 Å². The number of fused-ring (bicyclic) bond motifs is 2. The summed E-state index contributed by atoms with van der Waals surface area (Å²) < 4.78 is 0. The third-order valence-electron chi connectivity index (χ3n) is 3.93. The predicted molar refractivity (Wildman–Crippen MR) is 78.5 cm³/mol. The van der Waals surface area contributed by atoms with Crippen LogP contribution in [-0.2, 0) is 0 Å². The minimum Gasteiger partial charge on any atom is -0.321 e. The predicted octanol–water partition coefficient (Wildman–Crippen LogP) is 3.26. The molecular weight excluding hydrogens is 250 g/mol. The number of anilines is 3. The van der Waals surface area contributed by atoms with Gasteiger partial charge >= 0.3 is 0 Å². The first-order chi connectivity index (χ1) is 9.75. The first-order valence-electron chi connectivity index (χ1n) is 6.91. The summed E-state index contributed by atoms with van der Waals surface area (Å²) in [6.07, 6.45) is 4.11. The molecule has 0 atom stereocenters. The molecule has 0 bridgehead atoms. The van der Waals surface area contributed by atoms with E-state index >= 15 is 0 Å². The van der Waals surface area contributed by atoms with Crippen LogP contribution in [0.1, 0.15) is 28.8 Å². The average molecular weight is 265 g/mol. The van der Waals surface area contributed by atoms with Crippen LogP contribution in [0.15, 0.2) is 36.5 Å². The van der Waals surface area contributed by atoms with E-state index in [4.69, 9.17) is 0 Å². The molecule has 1 fully saturated rings. The van der Waals surface area contributed by atoms with Gasteiger partial charge in [-0.2, -0.15) is 0 Å². The van der Waals surface area contributed by atoms with Crippen molar-refractivity contribution in [2.45, 2.75) is 25.8 Å². The van der Waals surface area contributed by atoms with Gasteiger partial charge in [-0.15, -0.1) is 0 Å². The number of aryl methyl sites for hydroxylation is 1. The normalized spacial score (nSPS) is 17.1. The van der Waals surface area contributed by atoms with Gasteiger partial charge in [-0.25, -0.2) is 4.98 Å². The topological polar surface area (TPSA) is 45.2 Å². The van der Waals surface area contributed by atoms with Crippen molar-refractivity contribution in [3.05, 3.63) is 47.7 Å². The number of pyridine rings is 1. The molecular formula is C16H15N3O. The number of amides is 1. The van der Waals surface area contributed by atoms with Crippen LogP contribution in [0.2, 0.25) is 0 Å². The summed E-state index contributed by atoms with van der Waals surface area (Å²) in [6.45, 7) is 2.00. The molecule has 1 aromatic carbocycles. The van der Waals surface area contributed by atoms with E-state index in [1.165, 1.54) is 0 Å². The van der Waals surface area contributed by atoms with E-state index in [9.17, 15) is 4.79 Å². The Labute approximate surface area is 117 Å². The molecule has 2 aliphatic rings. The van der Waals surface area contributed by atoms with Crippen molar-refractivity contribution < 1.29 is 4.79 Å². The van der Waals surface area contributed by atoms with Crippen LogP contribution in [0, 0.1) is 6.92 Å². The van der Waals surface area contributed by atoms with Crippen molar-refractivity contribution in [1.29, 1.82) is 0 Å². The van der Waals surface area contributed by atoms with E-state index in [2.05, 4.69) is 15.2 Å². The summed E-state index contributed by atoms with van der Waals surface area (Å²) in [7, 11) is 0. The van der Waals surface area contributed by atoms with Crippen molar-refractivity contribution >= 4 is 23.1 Å². The zero-order valence-corrected chi connectivity index (χ0v) is 11.3. The summed E-state index contributed by atoms with van der Waals surface area (Å²) in [6, 6.07) is 10.1. The zero-order chi connectivity index (χ0) is 13.7. The van der Waals surface area contributed by atoms with Crippen molar-refractivity contribution in [1.82, 2.24) is 4.98 Å². The lowest BCUT2D eigenvalue weighted by atomic mass is 10.1. The second-order valence-corrected chi connectivity index (χ2v) is 5.40. The van der Waals surface area contributed by atoms with Gasteiger partial charge in [0.2, 0.25) is 0 Å². The largest absolute Gasteiger partial charge is 0.321 e. The number of nitrogens with one attached hydrogen (secondary N) is 1. The van der Waals surface area contributed by atoms with Crippen LogP contribution in [0.4, 0.5) is 17.2 Å². The number of nitrogens with zero attached hydrogens (tertiary/aromatic N) is 2. The number of rotatable bonds is 1. The molecule has 2 aromatic rings. The monoisotopic (exact) mass is 265 g/mol. The lowest BCUT2D eigenvalue weighted by Crippen LogP contribution is -2.21. The molecule has 1 N–H and O–H groups in total. The fourth-order valence-corrected chi connectivity index (χ4v) is 2.75. The minimum absolute atomic E-state index is 0.0545. The van der Waals surface area contributed by atoms with Crippen LogP contribution in [0.3, 0.4) is 0 Å². The van der Waals surface area contributed by atoms with Gasteiger partial charge in [0.25, 0.3) is 5.91 Å². The first kappa shape index (κ1) is 11.5. The minimum atomic E-state index is -0.0545. The molecule has 0 spiro atoms. The Morgan fingerprint density at radius 1 is 1.25 bits per heavy atom. The fraction of sp³-hybridized carbons (Fsp3) is 0.250. The van der Waals surface area contributed by atoms with Gasteiger partial charge in [-0.3, -0.25) is 4.79 Å². The number of para-hydroxylation sites is 1. The highest BCUT2D eigenvalue weighted by atomic mass is 16.1. The van der Waals surface area contributed by atoms with Gasteiger partial charge in [0.15, 0.2) is 5.82 Å². The maximum Gasteiger partial charge on any atom is 0.257 e. The van der Waals surface area contributed by atoms with E-state index in [0.717, 1.165) is 41.2 Å².